The van der Waals surface area contributed by atoms with Crippen LogP contribution in [0.2, 0.25) is 0 Å². The lowest BCUT2D eigenvalue weighted by Crippen LogP contribution is -2.27. The zero-order valence-electron chi connectivity index (χ0n) is 36.8. The number of thiophene rings is 1. The van der Waals surface area contributed by atoms with E-state index in [1.807, 2.05) is 11.3 Å². The van der Waals surface area contributed by atoms with Gasteiger partial charge in [0, 0.05) is 26.7 Å². The van der Waals surface area contributed by atoms with Crippen LogP contribution in [0, 0.1) is 0 Å². The summed E-state index contributed by atoms with van der Waals surface area (Å²) in [7, 11) is 0. The van der Waals surface area contributed by atoms with E-state index >= 15 is 0 Å². The summed E-state index contributed by atoms with van der Waals surface area (Å²) in [5.74, 6) is 0. The van der Waals surface area contributed by atoms with E-state index in [-0.39, 0.29) is 10.8 Å². The zero-order chi connectivity index (χ0) is 42.8. The highest BCUT2D eigenvalue weighted by molar-refractivity contribution is 7.26. The second-order valence-electron chi connectivity index (χ2n) is 19.7. The Morgan fingerprint density at radius 3 is 1.71 bits per heavy atom. The maximum absolute atomic E-state index is 2.58. The van der Waals surface area contributed by atoms with Gasteiger partial charge >= 0.3 is 0 Å². The minimum Gasteiger partial charge on any atom is -0.308 e. The van der Waals surface area contributed by atoms with Crippen molar-refractivity contribution in [1.29, 1.82) is 0 Å². The largest absolute Gasteiger partial charge is 0.308 e. The van der Waals surface area contributed by atoms with Crippen molar-refractivity contribution in [1.82, 2.24) is 0 Å². The predicted octanol–water partition coefficient (Wildman–Crippen LogP) is 17.3. The molecule has 0 bridgehead atoms. The molecule has 0 aliphatic heterocycles. The van der Waals surface area contributed by atoms with E-state index in [1.54, 1.807) is 0 Å². The van der Waals surface area contributed by atoms with Crippen LogP contribution in [0.15, 0.2) is 188 Å². The molecule has 1 nitrogen and oxygen atoms in total. The maximum Gasteiger partial charge on any atom is 0.0726 e. The van der Waals surface area contributed by atoms with Gasteiger partial charge < -0.3 is 4.90 Å². The first kappa shape index (κ1) is 38.0. The Kier molecular flexibility index (Phi) is 8.22. The van der Waals surface area contributed by atoms with Crippen LogP contribution in [0.25, 0.3) is 64.3 Å². The molecular weight excluding hydrogens is 779 g/mol. The van der Waals surface area contributed by atoms with Gasteiger partial charge in [0.1, 0.15) is 0 Å². The second-order valence-corrected chi connectivity index (χ2v) is 20.7. The Morgan fingerprint density at radius 1 is 0.429 bits per heavy atom. The van der Waals surface area contributed by atoms with E-state index < -0.39 is 5.41 Å². The smallest absolute Gasteiger partial charge is 0.0726 e. The average molecular weight is 828 g/mol. The van der Waals surface area contributed by atoms with E-state index in [0.717, 1.165) is 5.69 Å². The minimum absolute atomic E-state index is 0.0151. The molecule has 9 aromatic carbocycles. The number of hydrogen-bond donors (Lipinski definition) is 0. The molecule has 12 rings (SSSR count). The summed E-state index contributed by atoms with van der Waals surface area (Å²) in [5, 5.41) is 5.16. The van der Waals surface area contributed by atoms with Crippen LogP contribution in [-0.2, 0) is 16.2 Å². The number of benzene rings is 9. The SMILES string of the molecule is CC(C)(C)c1ccc2c(c1)C1(c3cc(C(C)(C)C)ccc3-2)c2ccccc2-c2c(N(c3ccc(-c4ccccc4)cc3)c3cc4ccccc4c4c3sc3ccccc34)cccc21. The van der Waals surface area contributed by atoms with Crippen LogP contribution in [-0.4, -0.2) is 0 Å². The van der Waals surface area contributed by atoms with Crippen molar-refractivity contribution in [2.75, 3.05) is 4.90 Å². The monoisotopic (exact) mass is 827 g/mol. The molecule has 1 heterocycles. The number of nitrogens with zero attached hydrogens (tertiary/aromatic N) is 1. The fourth-order valence-electron chi connectivity index (χ4n) is 10.9. The van der Waals surface area contributed by atoms with Crippen molar-refractivity contribution in [2.45, 2.75) is 57.8 Å². The Labute approximate surface area is 374 Å². The van der Waals surface area contributed by atoms with Crippen LogP contribution < -0.4 is 4.90 Å². The Morgan fingerprint density at radius 2 is 1.02 bits per heavy atom. The van der Waals surface area contributed by atoms with Crippen LogP contribution in [0.3, 0.4) is 0 Å². The molecule has 2 aliphatic carbocycles. The molecule has 0 saturated heterocycles. The van der Waals surface area contributed by atoms with Gasteiger partial charge in [0.2, 0.25) is 0 Å². The molecule has 2 heteroatoms. The quantitative estimate of drug-likeness (QED) is 0.171. The Balaban J connectivity index is 1.20. The number of rotatable bonds is 4. The third kappa shape index (κ3) is 5.54. The van der Waals surface area contributed by atoms with Crippen LogP contribution >= 0.6 is 11.3 Å². The summed E-state index contributed by atoms with van der Waals surface area (Å²) in [6.07, 6.45) is 0. The van der Waals surface area contributed by atoms with Crippen LogP contribution in [0.1, 0.15) is 74.9 Å². The standard InChI is InChI=1S/C61H49NS/c1-59(2,3)41-29-33-45-46-34-30-42(60(4,5)6)37-52(46)61(51(45)36-41)49-23-14-12-21-47(49)57-50(61)24-16-25-53(57)62(43-31-27-39(28-32-43)38-17-8-7-9-18-38)54-35-40-19-10-11-20-44(40)56-48-22-13-15-26-55(48)63-58(54)56/h7-37H,1-6H3. The fraction of sp³-hybridized carbons (Fsp3) is 0.148. The maximum atomic E-state index is 2.58. The van der Waals surface area contributed by atoms with E-state index in [4.69, 9.17) is 0 Å². The molecule has 0 amide bonds. The second kappa shape index (κ2) is 13.6. The number of anilines is 3. The molecule has 0 unspecified atom stereocenters. The van der Waals surface area contributed by atoms with Crippen molar-refractivity contribution in [3.05, 3.63) is 221 Å². The fourth-order valence-corrected chi connectivity index (χ4v) is 12.1. The summed E-state index contributed by atoms with van der Waals surface area (Å²) in [5.41, 5.74) is 18.8. The van der Waals surface area contributed by atoms with E-state index in [1.165, 1.54) is 109 Å². The summed E-state index contributed by atoms with van der Waals surface area (Å²) in [6.45, 7) is 14.1. The molecule has 304 valence electrons. The summed E-state index contributed by atoms with van der Waals surface area (Å²) >= 11 is 1.91. The topological polar surface area (TPSA) is 3.24 Å². The lowest BCUT2D eigenvalue weighted by atomic mass is 9.69. The highest BCUT2D eigenvalue weighted by Gasteiger charge is 2.53. The molecule has 0 fully saturated rings. The molecule has 0 N–H and O–H groups in total. The average Bonchev–Trinajstić information content (AvgIpc) is 3.94. The van der Waals surface area contributed by atoms with Gasteiger partial charge in [-0.2, -0.15) is 0 Å². The first-order valence-electron chi connectivity index (χ1n) is 22.3. The molecule has 0 radical (unpaired) electrons. The highest BCUT2D eigenvalue weighted by Crippen LogP contribution is 2.65. The molecule has 63 heavy (non-hydrogen) atoms. The third-order valence-corrected chi connectivity index (χ3v) is 15.2. The minimum atomic E-state index is -0.506. The van der Waals surface area contributed by atoms with Crippen molar-refractivity contribution in [3.8, 4) is 33.4 Å². The Hall–Kier alpha value is -6.74. The normalized spacial score (nSPS) is 13.7. The molecule has 1 spiro atoms. The van der Waals surface area contributed by atoms with E-state index in [9.17, 15) is 0 Å². The predicted molar refractivity (Wildman–Crippen MR) is 271 cm³/mol. The molecular formula is C61H49NS. The van der Waals surface area contributed by atoms with Crippen LogP contribution in [0.4, 0.5) is 17.1 Å². The van der Waals surface area contributed by atoms with Gasteiger partial charge in [-0.3, -0.25) is 0 Å². The molecule has 0 atom stereocenters. The lowest BCUT2D eigenvalue weighted by Gasteiger charge is -2.33. The van der Waals surface area contributed by atoms with E-state index in [0.29, 0.717) is 0 Å². The van der Waals surface area contributed by atoms with Gasteiger partial charge in [-0.05, 0) is 113 Å². The van der Waals surface area contributed by atoms with Gasteiger partial charge in [0.05, 0.1) is 21.5 Å². The molecule has 2 aliphatic rings. The van der Waals surface area contributed by atoms with Crippen molar-refractivity contribution in [3.63, 3.8) is 0 Å². The first-order chi connectivity index (χ1) is 30.5. The van der Waals surface area contributed by atoms with Crippen molar-refractivity contribution in [2.24, 2.45) is 0 Å². The highest BCUT2D eigenvalue weighted by atomic mass is 32.1. The number of fused-ring (bicyclic) bond motifs is 15. The van der Waals surface area contributed by atoms with Crippen molar-refractivity contribution < 1.29 is 0 Å². The molecule has 0 saturated carbocycles. The van der Waals surface area contributed by atoms with Gasteiger partial charge in [0.25, 0.3) is 0 Å². The zero-order valence-corrected chi connectivity index (χ0v) is 37.6. The Bertz CT molecular complexity index is 3400. The lowest BCUT2D eigenvalue weighted by molar-refractivity contribution is 0.586. The van der Waals surface area contributed by atoms with Crippen molar-refractivity contribution >= 4 is 59.3 Å². The summed E-state index contributed by atoms with van der Waals surface area (Å²) in [6, 6.07) is 71.4. The molecule has 10 aromatic rings. The first-order valence-corrected chi connectivity index (χ1v) is 23.2. The third-order valence-electron chi connectivity index (χ3n) is 14.0. The summed E-state index contributed by atoms with van der Waals surface area (Å²) in [4.78, 5) is 2.58. The summed E-state index contributed by atoms with van der Waals surface area (Å²) < 4.78 is 2.59. The van der Waals surface area contributed by atoms with Crippen LogP contribution in [0.5, 0.6) is 0 Å². The van der Waals surface area contributed by atoms with Gasteiger partial charge in [-0.15, -0.1) is 11.3 Å². The van der Waals surface area contributed by atoms with Gasteiger partial charge in [-0.1, -0.05) is 199 Å². The molecule has 1 aromatic heterocycles. The van der Waals surface area contributed by atoms with Gasteiger partial charge in [-0.25, -0.2) is 0 Å². The van der Waals surface area contributed by atoms with E-state index in [2.05, 4.69) is 234 Å². The number of hydrogen-bond acceptors (Lipinski definition) is 2. The van der Waals surface area contributed by atoms with Gasteiger partial charge in [0.15, 0.2) is 0 Å².